The highest BCUT2D eigenvalue weighted by Gasteiger charge is 2.28. The number of hydrogen-bond donors (Lipinski definition) is 1. The van der Waals surface area contributed by atoms with E-state index >= 15 is 0 Å². The van der Waals surface area contributed by atoms with Gasteiger partial charge in [-0.2, -0.15) is 13.2 Å². The molecule has 0 aromatic heterocycles. The number of rotatable bonds is 5. The van der Waals surface area contributed by atoms with Crippen LogP contribution in [0.3, 0.4) is 0 Å². The smallest absolute Gasteiger partial charge is 0.357 e. The van der Waals surface area contributed by atoms with E-state index in [0.29, 0.717) is 18.4 Å². The lowest BCUT2D eigenvalue weighted by Gasteiger charge is -2.22. The van der Waals surface area contributed by atoms with Gasteiger partial charge in [0.15, 0.2) is 5.96 Å². The molecule has 3 nitrogen and oxygen atoms in total. The molecule has 1 aliphatic heterocycles. The van der Waals surface area contributed by atoms with Crippen LogP contribution in [0.15, 0.2) is 35.3 Å². The lowest BCUT2D eigenvalue weighted by molar-refractivity contribution is -0.132. The Hall–Kier alpha value is -0.990. The Morgan fingerprint density at radius 3 is 2.62 bits per heavy atom. The highest BCUT2D eigenvalue weighted by molar-refractivity contribution is 14.0. The van der Waals surface area contributed by atoms with E-state index in [2.05, 4.69) is 27.3 Å². The van der Waals surface area contributed by atoms with Gasteiger partial charge in [0.1, 0.15) is 0 Å². The molecule has 7 heteroatoms. The van der Waals surface area contributed by atoms with Gasteiger partial charge in [-0.3, -0.25) is 4.99 Å². The molecule has 1 aromatic carbocycles. The van der Waals surface area contributed by atoms with Gasteiger partial charge in [-0.25, -0.2) is 0 Å². The molecule has 1 aliphatic rings. The molecule has 0 amide bonds. The van der Waals surface area contributed by atoms with E-state index < -0.39 is 12.6 Å². The fraction of sp³-hybridized carbons (Fsp3) is 0.588. The van der Waals surface area contributed by atoms with E-state index in [4.69, 9.17) is 0 Å². The maximum atomic E-state index is 12.3. The Morgan fingerprint density at radius 2 is 2.00 bits per heavy atom. The molecular formula is C17H25F3IN3. The van der Waals surface area contributed by atoms with Crippen molar-refractivity contribution in [3.05, 3.63) is 35.9 Å². The van der Waals surface area contributed by atoms with Crippen molar-refractivity contribution in [3.8, 4) is 0 Å². The van der Waals surface area contributed by atoms with Crippen LogP contribution < -0.4 is 5.32 Å². The largest absolute Gasteiger partial charge is 0.390 e. The van der Waals surface area contributed by atoms with Gasteiger partial charge < -0.3 is 10.2 Å². The van der Waals surface area contributed by atoms with Crippen molar-refractivity contribution in [3.63, 3.8) is 0 Å². The third kappa shape index (κ3) is 7.27. The molecule has 1 N–H and O–H groups in total. The Kier molecular flexibility index (Phi) is 8.86. The van der Waals surface area contributed by atoms with Gasteiger partial charge in [0, 0.05) is 19.6 Å². The number of halogens is 4. The normalized spacial score (nSPS) is 18.4. The third-order valence-corrected chi connectivity index (χ3v) is 3.94. The summed E-state index contributed by atoms with van der Waals surface area (Å²) in [5.74, 6) is 1.12. The van der Waals surface area contributed by atoms with E-state index in [1.807, 2.05) is 25.1 Å². The Bertz CT molecular complexity index is 506. The minimum absolute atomic E-state index is 0. The van der Waals surface area contributed by atoms with E-state index in [-0.39, 0.29) is 30.5 Å². The molecule has 1 atom stereocenters. The van der Waals surface area contributed by atoms with E-state index in [1.165, 1.54) is 5.56 Å². The fourth-order valence-electron chi connectivity index (χ4n) is 2.85. The number of nitrogens with one attached hydrogen (secondary N) is 1. The van der Waals surface area contributed by atoms with Crippen LogP contribution in [0.2, 0.25) is 0 Å². The average Bonchev–Trinajstić information content (AvgIpc) is 2.94. The zero-order valence-corrected chi connectivity index (χ0v) is 16.2. The summed E-state index contributed by atoms with van der Waals surface area (Å²) >= 11 is 0. The first-order valence-electron chi connectivity index (χ1n) is 8.12. The summed E-state index contributed by atoms with van der Waals surface area (Å²) in [6, 6.07) is 10.3. The second-order valence-corrected chi connectivity index (χ2v) is 5.89. The molecule has 0 aliphatic carbocycles. The first-order chi connectivity index (χ1) is 11.0. The fourth-order valence-corrected chi connectivity index (χ4v) is 2.85. The van der Waals surface area contributed by atoms with E-state index in [0.717, 1.165) is 25.9 Å². The minimum Gasteiger partial charge on any atom is -0.357 e. The predicted molar refractivity (Wildman–Crippen MR) is 102 cm³/mol. The first kappa shape index (κ1) is 21.1. The SMILES string of the molecule is CCNC(=NCCC(F)(F)F)N1CCC(Cc2ccccc2)C1.I. The lowest BCUT2D eigenvalue weighted by Crippen LogP contribution is -2.40. The number of benzene rings is 1. The highest BCUT2D eigenvalue weighted by Crippen LogP contribution is 2.22. The van der Waals surface area contributed by atoms with Crippen LogP contribution in [-0.2, 0) is 6.42 Å². The van der Waals surface area contributed by atoms with E-state index in [1.54, 1.807) is 0 Å². The van der Waals surface area contributed by atoms with Crippen molar-refractivity contribution in [1.82, 2.24) is 10.2 Å². The molecule has 136 valence electrons. The lowest BCUT2D eigenvalue weighted by atomic mass is 9.99. The molecule has 1 saturated heterocycles. The Labute approximate surface area is 158 Å². The number of alkyl halides is 3. The quantitative estimate of drug-likeness (QED) is 0.412. The van der Waals surface area contributed by atoms with Crippen LogP contribution in [0.4, 0.5) is 13.2 Å². The van der Waals surface area contributed by atoms with Gasteiger partial charge in [-0.15, -0.1) is 24.0 Å². The van der Waals surface area contributed by atoms with Gasteiger partial charge in [0.05, 0.1) is 13.0 Å². The van der Waals surface area contributed by atoms with Gasteiger partial charge in [-0.1, -0.05) is 30.3 Å². The molecule has 1 unspecified atom stereocenters. The Balaban J connectivity index is 0.00000288. The van der Waals surface area contributed by atoms with Crippen LogP contribution in [0.1, 0.15) is 25.3 Å². The summed E-state index contributed by atoms with van der Waals surface area (Å²) in [6.07, 6.45) is -2.98. The Morgan fingerprint density at radius 1 is 1.29 bits per heavy atom. The summed E-state index contributed by atoms with van der Waals surface area (Å²) in [6.45, 7) is 4.05. The molecular weight excluding hydrogens is 430 g/mol. The minimum atomic E-state index is -4.15. The van der Waals surface area contributed by atoms with Crippen molar-refractivity contribution in [2.75, 3.05) is 26.2 Å². The van der Waals surface area contributed by atoms with Gasteiger partial charge >= 0.3 is 6.18 Å². The van der Waals surface area contributed by atoms with Gasteiger partial charge in [0.2, 0.25) is 0 Å². The average molecular weight is 455 g/mol. The van der Waals surface area contributed by atoms with Gasteiger partial charge in [0.25, 0.3) is 0 Å². The first-order valence-corrected chi connectivity index (χ1v) is 8.12. The summed E-state index contributed by atoms with van der Waals surface area (Å²) in [5.41, 5.74) is 1.30. The van der Waals surface area contributed by atoms with Crippen LogP contribution in [0.5, 0.6) is 0 Å². The van der Waals surface area contributed by atoms with Crippen molar-refractivity contribution in [2.24, 2.45) is 10.9 Å². The monoisotopic (exact) mass is 455 g/mol. The van der Waals surface area contributed by atoms with Crippen molar-refractivity contribution in [1.29, 1.82) is 0 Å². The molecule has 1 aromatic rings. The van der Waals surface area contributed by atoms with Crippen LogP contribution >= 0.6 is 24.0 Å². The molecule has 0 spiro atoms. The van der Waals surface area contributed by atoms with Crippen molar-refractivity contribution < 1.29 is 13.2 Å². The maximum absolute atomic E-state index is 12.3. The number of guanidine groups is 1. The van der Waals surface area contributed by atoms with E-state index in [9.17, 15) is 13.2 Å². The summed E-state index contributed by atoms with van der Waals surface area (Å²) < 4.78 is 36.8. The molecule has 0 radical (unpaired) electrons. The summed E-state index contributed by atoms with van der Waals surface area (Å²) in [5, 5.41) is 3.10. The standard InChI is InChI=1S/C17H24F3N3.HI/c1-2-21-16(22-10-9-17(18,19)20)23-11-8-15(13-23)12-14-6-4-3-5-7-14;/h3-7,15H,2,8-13H2,1H3,(H,21,22);1H. The van der Waals surface area contributed by atoms with Gasteiger partial charge in [-0.05, 0) is 31.2 Å². The molecule has 1 heterocycles. The molecule has 2 rings (SSSR count). The van der Waals surface area contributed by atoms with Crippen LogP contribution in [-0.4, -0.2) is 43.2 Å². The second kappa shape index (κ2) is 10.1. The molecule has 0 bridgehead atoms. The molecule has 1 fully saturated rings. The zero-order valence-electron chi connectivity index (χ0n) is 13.9. The van der Waals surface area contributed by atoms with Crippen molar-refractivity contribution >= 4 is 29.9 Å². The maximum Gasteiger partial charge on any atom is 0.390 e. The topological polar surface area (TPSA) is 27.6 Å². The zero-order chi connectivity index (χ0) is 16.7. The summed E-state index contributed by atoms with van der Waals surface area (Å²) in [7, 11) is 0. The van der Waals surface area contributed by atoms with Crippen molar-refractivity contribution in [2.45, 2.75) is 32.4 Å². The number of hydrogen-bond acceptors (Lipinski definition) is 1. The number of nitrogens with zero attached hydrogens (tertiary/aromatic N) is 2. The highest BCUT2D eigenvalue weighted by atomic mass is 127. The van der Waals surface area contributed by atoms with Crippen LogP contribution in [0, 0.1) is 5.92 Å². The van der Waals surface area contributed by atoms with Crippen LogP contribution in [0.25, 0.3) is 0 Å². The molecule has 24 heavy (non-hydrogen) atoms. The molecule has 0 saturated carbocycles. The number of likely N-dealkylation sites (tertiary alicyclic amines) is 1. The predicted octanol–water partition coefficient (Wildman–Crippen LogP) is 4.09. The number of aliphatic imine (C=N–C) groups is 1. The third-order valence-electron chi connectivity index (χ3n) is 3.94. The summed E-state index contributed by atoms with van der Waals surface area (Å²) in [4.78, 5) is 6.21. The second-order valence-electron chi connectivity index (χ2n) is 5.89.